The third kappa shape index (κ3) is 2.47. The van der Waals surface area contributed by atoms with Gasteiger partial charge in [0, 0.05) is 10.6 Å². The SMILES string of the molecule is O=c1c(Cl)c(O)cnn1Cc1ccc(Cl)cc1F. The Balaban J connectivity index is 2.41. The van der Waals surface area contributed by atoms with E-state index in [4.69, 9.17) is 23.2 Å². The van der Waals surface area contributed by atoms with Gasteiger partial charge in [-0.05, 0) is 12.1 Å². The molecular weight excluding hydrogens is 282 g/mol. The highest BCUT2D eigenvalue weighted by Crippen LogP contribution is 2.17. The van der Waals surface area contributed by atoms with Crippen LogP contribution in [0.5, 0.6) is 5.75 Å². The molecule has 4 nitrogen and oxygen atoms in total. The second-order valence-corrected chi connectivity index (χ2v) is 4.36. The summed E-state index contributed by atoms with van der Waals surface area (Å²) >= 11 is 11.2. The molecule has 0 bridgehead atoms. The predicted molar refractivity (Wildman–Crippen MR) is 65.7 cm³/mol. The molecule has 0 aliphatic rings. The van der Waals surface area contributed by atoms with Crippen LogP contribution in [0.2, 0.25) is 10.0 Å². The lowest BCUT2D eigenvalue weighted by Crippen LogP contribution is -2.23. The van der Waals surface area contributed by atoms with Gasteiger partial charge in [-0.3, -0.25) is 4.79 Å². The fraction of sp³-hybridized carbons (Fsp3) is 0.0909. The second kappa shape index (κ2) is 4.96. The van der Waals surface area contributed by atoms with Gasteiger partial charge in [-0.2, -0.15) is 5.10 Å². The average Bonchev–Trinajstić information content (AvgIpc) is 2.33. The maximum Gasteiger partial charge on any atom is 0.289 e. The van der Waals surface area contributed by atoms with Crippen molar-refractivity contribution in [3.05, 3.63) is 56.2 Å². The van der Waals surface area contributed by atoms with Gasteiger partial charge in [-0.1, -0.05) is 29.3 Å². The molecule has 0 spiro atoms. The quantitative estimate of drug-likeness (QED) is 0.923. The van der Waals surface area contributed by atoms with Crippen molar-refractivity contribution >= 4 is 23.2 Å². The van der Waals surface area contributed by atoms with Gasteiger partial charge in [-0.25, -0.2) is 9.07 Å². The van der Waals surface area contributed by atoms with Gasteiger partial charge in [0.1, 0.15) is 5.82 Å². The molecule has 2 aromatic rings. The largest absolute Gasteiger partial charge is 0.505 e. The third-order valence-electron chi connectivity index (χ3n) is 2.30. The van der Waals surface area contributed by atoms with E-state index < -0.39 is 17.1 Å². The van der Waals surface area contributed by atoms with Crippen LogP contribution in [0, 0.1) is 5.82 Å². The molecule has 18 heavy (non-hydrogen) atoms. The number of aromatic hydroxyl groups is 1. The van der Waals surface area contributed by atoms with Gasteiger partial charge in [0.15, 0.2) is 10.8 Å². The molecule has 0 aliphatic heterocycles. The van der Waals surface area contributed by atoms with Crippen LogP contribution in [-0.4, -0.2) is 14.9 Å². The van der Waals surface area contributed by atoms with Crippen LogP contribution in [-0.2, 0) is 6.54 Å². The summed E-state index contributed by atoms with van der Waals surface area (Å²) in [4.78, 5) is 11.6. The molecule has 0 unspecified atom stereocenters. The van der Waals surface area contributed by atoms with Gasteiger partial charge in [0.2, 0.25) is 0 Å². The number of hydrogen-bond donors (Lipinski definition) is 1. The molecule has 0 fully saturated rings. The van der Waals surface area contributed by atoms with E-state index in [0.29, 0.717) is 0 Å². The van der Waals surface area contributed by atoms with E-state index >= 15 is 0 Å². The molecule has 94 valence electrons. The number of nitrogens with zero attached hydrogens (tertiary/aromatic N) is 2. The van der Waals surface area contributed by atoms with Crippen LogP contribution in [0.25, 0.3) is 0 Å². The second-order valence-electron chi connectivity index (χ2n) is 3.54. The Morgan fingerprint density at radius 2 is 2.11 bits per heavy atom. The molecule has 1 N–H and O–H groups in total. The number of aromatic nitrogens is 2. The fourth-order valence-corrected chi connectivity index (χ4v) is 1.69. The van der Waals surface area contributed by atoms with Gasteiger partial charge in [-0.15, -0.1) is 0 Å². The first-order valence-electron chi connectivity index (χ1n) is 4.87. The predicted octanol–water partition coefficient (Wildman–Crippen LogP) is 2.44. The maximum absolute atomic E-state index is 13.5. The maximum atomic E-state index is 13.5. The van der Waals surface area contributed by atoms with E-state index in [9.17, 15) is 14.3 Å². The van der Waals surface area contributed by atoms with E-state index in [1.54, 1.807) is 0 Å². The lowest BCUT2D eigenvalue weighted by molar-refractivity contribution is 0.461. The van der Waals surface area contributed by atoms with Crippen LogP contribution in [0.15, 0.2) is 29.2 Å². The molecule has 0 saturated carbocycles. The summed E-state index contributed by atoms with van der Waals surface area (Å²) in [5.74, 6) is -0.949. The Morgan fingerprint density at radius 1 is 1.39 bits per heavy atom. The van der Waals surface area contributed by atoms with Gasteiger partial charge in [0.05, 0.1) is 12.7 Å². The Hall–Kier alpha value is -1.59. The Labute approximate surface area is 111 Å². The van der Waals surface area contributed by atoms with Crippen LogP contribution < -0.4 is 5.56 Å². The molecule has 0 aliphatic carbocycles. The smallest absolute Gasteiger partial charge is 0.289 e. The summed E-state index contributed by atoms with van der Waals surface area (Å²) in [7, 11) is 0. The minimum atomic E-state index is -0.689. The van der Waals surface area contributed by atoms with Gasteiger partial charge < -0.3 is 5.11 Å². The standard InChI is InChI=1S/C11H7Cl2FN2O2/c12-7-2-1-6(8(14)3-7)5-16-11(18)10(13)9(17)4-15-16/h1-4,17H,5H2. The van der Waals surface area contributed by atoms with Crippen LogP contribution in [0.1, 0.15) is 5.56 Å². The molecule has 2 rings (SSSR count). The van der Waals surface area contributed by atoms with E-state index in [-0.39, 0.29) is 22.2 Å². The zero-order valence-corrected chi connectivity index (χ0v) is 10.4. The van der Waals surface area contributed by atoms with E-state index in [1.165, 1.54) is 12.1 Å². The minimum absolute atomic E-state index is 0.0954. The van der Waals surface area contributed by atoms with Gasteiger partial charge in [0.25, 0.3) is 5.56 Å². The molecule has 1 aromatic carbocycles. The monoisotopic (exact) mass is 288 g/mol. The summed E-state index contributed by atoms with van der Waals surface area (Å²) < 4.78 is 14.5. The first kappa shape index (κ1) is 12.9. The Morgan fingerprint density at radius 3 is 2.78 bits per heavy atom. The molecule has 0 atom stereocenters. The first-order valence-corrected chi connectivity index (χ1v) is 5.63. The summed E-state index contributed by atoms with van der Waals surface area (Å²) in [5.41, 5.74) is -0.443. The lowest BCUT2D eigenvalue weighted by atomic mass is 10.2. The normalized spacial score (nSPS) is 10.6. The third-order valence-corrected chi connectivity index (χ3v) is 2.89. The lowest BCUT2D eigenvalue weighted by Gasteiger charge is -2.06. The van der Waals surface area contributed by atoms with Crippen molar-refractivity contribution in [2.45, 2.75) is 6.54 Å². The number of halogens is 3. The molecule has 0 radical (unpaired) electrons. The Kier molecular flexibility index (Phi) is 3.54. The van der Waals surface area contributed by atoms with Crippen molar-refractivity contribution < 1.29 is 9.50 Å². The Bertz CT molecular complexity index is 658. The van der Waals surface area contributed by atoms with E-state index in [2.05, 4.69) is 5.10 Å². The van der Waals surface area contributed by atoms with E-state index in [1.807, 2.05) is 0 Å². The highest BCUT2D eigenvalue weighted by atomic mass is 35.5. The summed E-state index contributed by atoms with van der Waals surface area (Å²) in [5, 5.41) is 12.8. The molecule has 0 amide bonds. The van der Waals surface area contributed by atoms with Crippen molar-refractivity contribution in [2.24, 2.45) is 0 Å². The molecule has 1 aromatic heterocycles. The van der Waals surface area contributed by atoms with Crippen molar-refractivity contribution in [1.29, 1.82) is 0 Å². The van der Waals surface area contributed by atoms with Crippen molar-refractivity contribution in [3.63, 3.8) is 0 Å². The van der Waals surface area contributed by atoms with E-state index in [0.717, 1.165) is 16.9 Å². The van der Waals surface area contributed by atoms with Crippen molar-refractivity contribution in [3.8, 4) is 5.75 Å². The highest BCUT2D eigenvalue weighted by Gasteiger charge is 2.10. The zero-order valence-electron chi connectivity index (χ0n) is 8.90. The molecular formula is C11H7Cl2FN2O2. The topological polar surface area (TPSA) is 55.1 Å². The first-order chi connectivity index (χ1) is 8.49. The number of hydrogen-bond acceptors (Lipinski definition) is 3. The van der Waals surface area contributed by atoms with Crippen LogP contribution >= 0.6 is 23.2 Å². The summed E-state index contributed by atoms with van der Waals surface area (Å²) in [6.07, 6.45) is 1.03. The van der Waals surface area contributed by atoms with Crippen molar-refractivity contribution in [1.82, 2.24) is 9.78 Å². The van der Waals surface area contributed by atoms with Crippen LogP contribution in [0.4, 0.5) is 4.39 Å². The van der Waals surface area contributed by atoms with Crippen LogP contribution in [0.3, 0.4) is 0 Å². The van der Waals surface area contributed by atoms with Gasteiger partial charge >= 0.3 is 0 Å². The number of rotatable bonds is 2. The molecule has 1 heterocycles. The summed E-state index contributed by atoms with van der Waals surface area (Å²) in [6.45, 7) is -0.0954. The molecule has 0 saturated heterocycles. The highest BCUT2D eigenvalue weighted by molar-refractivity contribution is 6.31. The zero-order chi connectivity index (χ0) is 13.3. The number of benzene rings is 1. The molecule has 7 heteroatoms. The van der Waals surface area contributed by atoms with Crippen molar-refractivity contribution in [2.75, 3.05) is 0 Å². The average molecular weight is 289 g/mol. The summed E-state index contributed by atoms with van der Waals surface area (Å²) in [6, 6.07) is 4.10. The minimum Gasteiger partial charge on any atom is -0.505 e. The fourth-order valence-electron chi connectivity index (χ4n) is 1.38.